The first kappa shape index (κ1) is 15.7. The topological polar surface area (TPSA) is 61.0 Å². The smallest absolute Gasteiger partial charge is 0.258 e. The average molecular weight is 333 g/mol. The predicted octanol–water partition coefficient (Wildman–Crippen LogP) is 4.47. The first-order chi connectivity index (χ1) is 11.4. The summed E-state index contributed by atoms with van der Waals surface area (Å²) in [5, 5.41) is 14.4. The molecule has 0 aliphatic heterocycles. The summed E-state index contributed by atoms with van der Waals surface area (Å²) in [7, 11) is 0. The zero-order valence-corrected chi connectivity index (χ0v) is 12.1. The lowest BCUT2D eigenvalue weighted by Gasteiger charge is -2.07. The van der Waals surface area contributed by atoms with Crippen molar-refractivity contribution in [3.05, 3.63) is 76.5 Å². The Kier molecular flexibility index (Phi) is 3.80. The van der Waals surface area contributed by atoms with Crippen molar-refractivity contribution in [3.63, 3.8) is 0 Å². The largest absolute Gasteiger partial charge is 0.435 e. The van der Waals surface area contributed by atoms with Crippen molar-refractivity contribution < 1.29 is 18.1 Å². The van der Waals surface area contributed by atoms with Crippen LogP contribution in [0.3, 0.4) is 0 Å². The zero-order chi connectivity index (χ0) is 17.3. The lowest BCUT2D eigenvalue weighted by molar-refractivity contribution is -0.384. The van der Waals surface area contributed by atoms with Gasteiger partial charge in [-0.1, -0.05) is 18.2 Å². The SMILES string of the molecule is O=[N+]([O-])c1ccc(-c2cc(C(F)(F)F)nn2-c2ccccc2)cc1. The van der Waals surface area contributed by atoms with E-state index >= 15 is 0 Å². The molecule has 3 aromatic rings. The van der Waals surface area contributed by atoms with Gasteiger partial charge in [0, 0.05) is 17.7 Å². The normalized spacial score (nSPS) is 11.5. The van der Waals surface area contributed by atoms with E-state index in [1.807, 2.05) is 0 Å². The first-order valence-corrected chi connectivity index (χ1v) is 6.84. The third-order valence-corrected chi connectivity index (χ3v) is 3.37. The molecule has 2 aromatic carbocycles. The summed E-state index contributed by atoms with van der Waals surface area (Å²) in [6.45, 7) is 0. The molecule has 8 heteroatoms. The quantitative estimate of drug-likeness (QED) is 0.525. The minimum absolute atomic E-state index is 0.138. The summed E-state index contributed by atoms with van der Waals surface area (Å²) in [5.74, 6) is 0. The summed E-state index contributed by atoms with van der Waals surface area (Å²) in [4.78, 5) is 10.1. The average Bonchev–Trinajstić information content (AvgIpc) is 3.01. The van der Waals surface area contributed by atoms with Crippen molar-refractivity contribution in [2.75, 3.05) is 0 Å². The van der Waals surface area contributed by atoms with Crippen molar-refractivity contribution in [2.24, 2.45) is 0 Å². The molecule has 0 atom stereocenters. The molecule has 0 fully saturated rings. The van der Waals surface area contributed by atoms with Crippen LogP contribution in [0.25, 0.3) is 16.9 Å². The van der Waals surface area contributed by atoms with Crippen molar-refractivity contribution in [3.8, 4) is 16.9 Å². The summed E-state index contributed by atoms with van der Waals surface area (Å²) < 4.78 is 40.2. The molecule has 1 heterocycles. The first-order valence-electron chi connectivity index (χ1n) is 6.84. The molecule has 0 bridgehead atoms. The Morgan fingerprint density at radius 1 is 1.00 bits per heavy atom. The van der Waals surface area contributed by atoms with Gasteiger partial charge in [-0.25, -0.2) is 4.68 Å². The van der Waals surface area contributed by atoms with Gasteiger partial charge in [0.05, 0.1) is 16.3 Å². The second kappa shape index (κ2) is 5.80. The van der Waals surface area contributed by atoms with E-state index in [0.29, 0.717) is 11.3 Å². The number of non-ortho nitro benzene ring substituents is 1. The fourth-order valence-corrected chi connectivity index (χ4v) is 2.25. The van der Waals surface area contributed by atoms with E-state index in [1.54, 1.807) is 30.3 Å². The van der Waals surface area contributed by atoms with E-state index in [4.69, 9.17) is 0 Å². The monoisotopic (exact) mass is 333 g/mol. The highest BCUT2D eigenvalue weighted by Crippen LogP contribution is 2.33. The molecule has 0 aliphatic carbocycles. The molecule has 1 aromatic heterocycles. The number of nitro groups is 1. The molecule has 24 heavy (non-hydrogen) atoms. The van der Waals surface area contributed by atoms with Crippen LogP contribution in [0.2, 0.25) is 0 Å². The molecule has 3 rings (SSSR count). The van der Waals surface area contributed by atoms with Crippen LogP contribution in [-0.4, -0.2) is 14.7 Å². The maximum Gasteiger partial charge on any atom is 0.435 e. The zero-order valence-electron chi connectivity index (χ0n) is 12.1. The third kappa shape index (κ3) is 2.98. The van der Waals surface area contributed by atoms with Gasteiger partial charge in [0.1, 0.15) is 0 Å². The van der Waals surface area contributed by atoms with Gasteiger partial charge in [0.2, 0.25) is 0 Å². The third-order valence-electron chi connectivity index (χ3n) is 3.37. The number of hydrogen-bond donors (Lipinski definition) is 0. The Morgan fingerprint density at radius 2 is 1.62 bits per heavy atom. The maximum atomic E-state index is 13.0. The highest BCUT2D eigenvalue weighted by molar-refractivity contribution is 5.64. The van der Waals surface area contributed by atoms with Crippen molar-refractivity contribution >= 4 is 5.69 Å². The molecule has 0 unspecified atom stereocenters. The number of rotatable bonds is 3. The fraction of sp³-hybridized carbons (Fsp3) is 0.0625. The van der Waals surface area contributed by atoms with E-state index in [9.17, 15) is 23.3 Å². The molecule has 0 aliphatic rings. The highest BCUT2D eigenvalue weighted by Gasteiger charge is 2.35. The summed E-state index contributed by atoms with van der Waals surface area (Å²) in [6, 6.07) is 14.6. The molecule has 5 nitrogen and oxygen atoms in total. The van der Waals surface area contributed by atoms with Gasteiger partial charge in [-0.2, -0.15) is 18.3 Å². The number of alkyl halides is 3. The van der Waals surface area contributed by atoms with Crippen LogP contribution in [0.15, 0.2) is 60.7 Å². The Balaban J connectivity index is 2.15. The lowest BCUT2D eigenvalue weighted by Crippen LogP contribution is -2.07. The van der Waals surface area contributed by atoms with Crippen molar-refractivity contribution in [1.82, 2.24) is 9.78 Å². The van der Waals surface area contributed by atoms with Gasteiger partial charge in [0.15, 0.2) is 5.69 Å². The van der Waals surface area contributed by atoms with Crippen LogP contribution in [0.1, 0.15) is 5.69 Å². The van der Waals surface area contributed by atoms with Gasteiger partial charge >= 0.3 is 6.18 Å². The Bertz CT molecular complexity index is 872. The maximum absolute atomic E-state index is 13.0. The van der Waals surface area contributed by atoms with E-state index in [-0.39, 0.29) is 11.4 Å². The number of aromatic nitrogens is 2. The Hall–Kier alpha value is -3.16. The fourth-order valence-electron chi connectivity index (χ4n) is 2.25. The second-order valence-electron chi connectivity index (χ2n) is 4.96. The molecule has 0 saturated heterocycles. The van der Waals surface area contributed by atoms with E-state index in [0.717, 1.165) is 6.07 Å². The van der Waals surface area contributed by atoms with E-state index < -0.39 is 16.8 Å². The lowest BCUT2D eigenvalue weighted by atomic mass is 10.1. The number of nitrogens with zero attached hydrogens (tertiary/aromatic N) is 3. The van der Waals surface area contributed by atoms with Crippen LogP contribution < -0.4 is 0 Å². The highest BCUT2D eigenvalue weighted by atomic mass is 19.4. The summed E-state index contributed by atoms with van der Waals surface area (Å²) in [5.41, 5.74) is -0.113. The molecule has 0 saturated carbocycles. The second-order valence-corrected chi connectivity index (χ2v) is 4.96. The number of para-hydroxylation sites is 1. The van der Waals surface area contributed by atoms with Crippen LogP contribution in [0.4, 0.5) is 18.9 Å². The molecule has 0 spiro atoms. The summed E-state index contributed by atoms with van der Waals surface area (Å²) >= 11 is 0. The van der Waals surface area contributed by atoms with Gasteiger partial charge in [-0.3, -0.25) is 10.1 Å². The molecule has 0 N–H and O–H groups in total. The van der Waals surface area contributed by atoms with Crippen LogP contribution in [-0.2, 0) is 6.18 Å². The summed E-state index contributed by atoms with van der Waals surface area (Å²) in [6.07, 6.45) is -4.59. The van der Waals surface area contributed by atoms with Gasteiger partial charge in [0.25, 0.3) is 5.69 Å². The molecular formula is C16H10F3N3O2. The molecule has 0 radical (unpaired) electrons. The van der Waals surface area contributed by atoms with Crippen LogP contribution in [0.5, 0.6) is 0 Å². The van der Waals surface area contributed by atoms with Gasteiger partial charge < -0.3 is 0 Å². The van der Waals surface area contributed by atoms with Gasteiger partial charge in [-0.05, 0) is 30.3 Å². The van der Waals surface area contributed by atoms with Crippen LogP contribution >= 0.6 is 0 Å². The van der Waals surface area contributed by atoms with Crippen LogP contribution in [0, 0.1) is 10.1 Å². The number of hydrogen-bond acceptors (Lipinski definition) is 3. The molecule has 0 amide bonds. The van der Waals surface area contributed by atoms with Crippen molar-refractivity contribution in [2.45, 2.75) is 6.18 Å². The number of benzene rings is 2. The Morgan fingerprint density at radius 3 is 2.17 bits per heavy atom. The van der Waals surface area contributed by atoms with E-state index in [1.165, 1.54) is 28.9 Å². The predicted molar refractivity (Wildman–Crippen MR) is 80.7 cm³/mol. The minimum atomic E-state index is -4.59. The minimum Gasteiger partial charge on any atom is -0.258 e. The van der Waals surface area contributed by atoms with Crippen molar-refractivity contribution in [1.29, 1.82) is 0 Å². The van der Waals surface area contributed by atoms with E-state index in [2.05, 4.69) is 5.10 Å². The van der Waals surface area contributed by atoms with Gasteiger partial charge in [-0.15, -0.1) is 0 Å². The standard InChI is InChI=1S/C16H10F3N3O2/c17-16(18,19)15-10-14(11-6-8-13(9-7-11)22(23)24)21(20-15)12-4-2-1-3-5-12/h1-10H. The molecular weight excluding hydrogens is 323 g/mol. The molecule has 122 valence electrons. The number of nitro benzene ring substituents is 1. The Labute approximate surface area is 134 Å². The number of halogens is 3.